The van der Waals surface area contributed by atoms with Crippen molar-refractivity contribution < 1.29 is 5.21 Å². The van der Waals surface area contributed by atoms with E-state index in [1.54, 1.807) is 0 Å². The molecule has 2 aliphatic carbocycles. The van der Waals surface area contributed by atoms with Gasteiger partial charge in [-0.15, -0.1) is 0 Å². The zero-order valence-corrected chi connectivity index (χ0v) is 11.5. The van der Waals surface area contributed by atoms with Gasteiger partial charge in [-0.3, -0.25) is 0 Å². The number of pyridine rings is 1. The molecule has 106 valence electrons. The highest BCUT2D eigenvalue weighted by Crippen LogP contribution is 2.41. The van der Waals surface area contributed by atoms with Gasteiger partial charge in [0.25, 0.3) is 0 Å². The van der Waals surface area contributed by atoms with Crippen LogP contribution in [0.5, 0.6) is 0 Å². The van der Waals surface area contributed by atoms with Crippen molar-refractivity contribution in [3.63, 3.8) is 0 Å². The maximum absolute atomic E-state index is 9.05. The van der Waals surface area contributed by atoms with Crippen molar-refractivity contribution >= 4 is 11.7 Å². The predicted octanol–water partition coefficient (Wildman–Crippen LogP) is 1.65. The Bertz CT molecular complexity index is 583. The molecular weight excluding hydrogens is 252 g/mol. The third-order valence-corrected chi connectivity index (χ3v) is 5.10. The second-order valence-corrected chi connectivity index (χ2v) is 6.29. The summed E-state index contributed by atoms with van der Waals surface area (Å²) in [5, 5.41) is 12.3. The van der Waals surface area contributed by atoms with Crippen LogP contribution in [0.3, 0.4) is 0 Å². The number of fused-ring (bicyclic) bond motifs is 3. The molecule has 2 unspecified atom stereocenters. The van der Waals surface area contributed by atoms with Crippen molar-refractivity contribution in [3.05, 3.63) is 22.9 Å². The van der Waals surface area contributed by atoms with E-state index in [0.29, 0.717) is 6.04 Å². The summed E-state index contributed by atoms with van der Waals surface area (Å²) in [6.45, 7) is 1.07. The molecule has 5 nitrogen and oxygen atoms in total. The standard InChI is InChI=1S/C15H20N4O/c16-14(18-20)12-7-10-2-1-3-13(10)17-15(12)19-8-9-4-5-11(19)6-9/h7,9,11,20H,1-6,8H2,(H2,16,18). The maximum atomic E-state index is 9.05. The molecule has 4 rings (SSSR count). The minimum atomic E-state index is 0.185. The number of aromatic nitrogens is 1. The Morgan fingerprint density at radius 1 is 1.40 bits per heavy atom. The van der Waals surface area contributed by atoms with Crippen molar-refractivity contribution in [2.24, 2.45) is 16.8 Å². The van der Waals surface area contributed by atoms with Crippen molar-refractivity contribution in [3.8, 4) is 0 Å². The van der Waals surface area contributed by atoms with Crippen LogP contribution in [0, 0.1) is 5.92 Å². The van der Waals surface area contributed by atoms with Crippen LogP contribution in [0.25, 0.3) is 0 Å². The van der Waals surface area contributed by atoms with Crippen LogP contribution in [0.4, 0.5) is 5.82 Å². The molecule has 0 radical (unpaired) electrons. The van der Waals surface area contributed by atoms with Gasteiger partial charge in [0.05, 0.1) is 5.56 Å². The fourth-order valence-corrected chi connectivity index (χ4v) is 4.11. The van der Waals surface area contributed by atoms with E-state index in [2.05, 4.69) is 16.1 Å². The van der Waals surface area contributed by atoms with Gasteiger partial charge >= 0.3 is 0 Å². The molecule has 1 saturated heterocycles. The first-order valence-electron chi connectivity index (χ1n) is 7.53. The second kappa shape index (κ2) is 4.36. The van der Waals surface area contributed by atoms with Crippen LogP contribution in [0.15, 0.2) is 11.2 Å². The molecule has 2 fully saturated rings. The zero-order valence-electron chi connectivity index (χ0n) is 11.5. The lowest BCUT2D eigenvalue weighted by Crippen LogP contribution is -2.35. The normalized spacial score (nSPS) is 28.2. The molecule has 0 aromatic carbocycles. The predicted molar refractivity (Wildman–Crippen MR) is 77.2 cm³/mol. The van der Waals surface area contributed by atoms with Gasteiger partial charge in [0.2, 0.25) is 0 Å². The number of amidine groups is 1. The Morgan fingerprint density at radius 3 is 3.00 bits per heavy atom. The Hall–Kier alpha value is -1.78. The Kier molecular flexibility index (Phi) is 2.62. The lowest BCUT2D eigenvalue weighted by molar-refractivity contribution is 0.318. The van der Waals surface area contributed by atoms with Gasteiger partial charge in [-0.05, 0) is 56.1 Å². The number of nitrogens with two attached hydrogens (primary N) is 1. The van der Waals surface area contributed by atoms with E-state index in [-0.39, 0.29) is 5.84 Å². The second-order valence-electron chi connectivity index (χ2n) is 6.29. The molecule has 5 heteroatoms. The molecule has 3 aliphatic rings. The van der Waals surface area contributed by atoms with E-state index in [1.807, 2.05) is 0 Å². The van der Waals surface area contributed by atoms with Gasteiger partial charge < -0.3 is 15.8 Å². The Balaban J connectivity index is 1.81. The minimum absolute atomic E-state index is 0.185. The quantitative estimate of drug-likeness (QED) is 0.371. The number of aryl methyl sites for hydroxylation is 2. The van der Waals surface area contributed by atoms with Crippen molar-refractivity contribution in [1.82, 2.24) is 4.98 Å². The van der Waals surface area contributed by atoms with Crippen LogP contribution in [0.1, 0.15) is 42.5 Å². The number of oxime groups is 1. The minimum Gasteiger partial charge on any atom is -0.409 e. The third-order valence-electron chi connectivity index (χ3n) is 5.10. The number of nitrogens with zero attached hydrogens (tertiary/aromatic N) is 3. The first-order valence-corrected chi connectivity index (χ1v) is 7.53. The summed E-state index contributed by atoms with van der Waals surface area (Å²) < 4.78 is 0. The highest BCUT2D eigenvalue weighted by molar-refractivity contribution is 6.01. The highest BCUT2D eigenvalue weighted by atomic mass is 16.4. The summed E-state index contributed by atoms with van der Waals surface area (Å²) in [4.78, 5) is 7.27. The topological polar surface area (TPSA) is 74.7 Å². The zero-order chi connectivity index (χ0) is 13.7. The molecule has 20 heavy (non-hydrogen) atoms. The lowest BCUT2D eigenvalue weighted by Gasteiger charge is -2.30. The van der Waals surface area contributed by atoms with Crippen LogP contribution in [-0.2, 0) is 12.8 Å². The summed E-state index contributed by atoms with van der Waals surface area (Å²) >= 11 is 0. The van der Waals surface area contributed by atoms with Gasteiger partial charge in [-0.25, -0.2) is 4.98 Å². The summed E-state index contributed by atoms with van der Waals surface area (Å²) in [5.41, 5.74) is 9.16. The number of hydrogen-bond acceptors (Lipinski definition) is 4. The average molecular weight is 272 g/mol. The average Bonchev–Trinajstić information content (AvgIpc) is 3.19. The van der Waals surface area contributed by atoms with Crippen LogP contribution in [0.2, 0.25) is 0 Å². The first-order chi connectivity index (χ1) is 9.76. The fourth-order valence-electron chi connectivity index (χ4n) is 4.11. The summed E-state index contributed by atoms with van der Waals surface area (Å²) in [7, 11) is 0. The van der Waals surface area contributed by atoms with Crippen LogP contribution >= 0.6 is 0 Å². The molecule has 2 bridgehead atoms. The smallest absolute Gasteiger partial charge is 0.173 e. The summed E-state index contributed by atoms with van der Waals surface area (Å²) in [6, 6.07) is 2.68. The van der Waals surface area contributed by atoms with E-state index >= 15 is 0 Å². The number of hydrogen-bond donors (Lipinski definition) is 2. The largest absolute Gasteiger partial charge is 0.409 e. The van der Waals surface area contributed by atoms with E-state index in [0.717, 1.165) is 43.1 Å². The molecular formula is C15H20N4O. The lowest BCUT2D eigenvalue weighted by atomic mass is 10.1. The van der Waals surface area contributed by atoms with Crippen molar-refractivity contribution in [2.45, 2.75) is 44.6 Å². The molecule has 1 saturated carbocycles. The van der Waals surface area contributed by atoms with Gasteiger partial charge in [-0.2, -0.15) is 0 Å². The number of anilines is 1. The summed E-state index contributed by atoms with van der Waals surface area (Å²) in [5.74, 6) is 1.92. The van der Waals surface area contributed by atoms with E-state index in [1.165, 1.54) is 30.5 Å². The number of piperidine rings is 1. The number of rotatable bonds is 2. The van der Waals surface area contributed by atoms with Gasteiger partial charge in [0.1, 0.15) is 5.82 Å². The van der Waals surface area contributed by atoms with Gasteiger partial charge in [-0.1, -0.05) is 5.16 Å². The fraction of sp³-hybridized carbons (Fsp3) is 0.600. The van der Waals surface area contributed by atoms with Crippen LogP contribution < -0.4 is 10.6 Å². The van der Waals surface area contributed by atoms with Crippen molar-refractivity contribution in [2.75, 3.05) is 11.4 Å². The highest BCUT2D eigenvalue weighted by Gasteiger charge is 2.39. The molecule has 2 heterocycles. The first kappa shape index (κ1) is 12.0. The molecule has 1 aromatic heterocycles. The van der Waals surface area contributed by atoms with Gasteiger partial charge in [0, 0.05) is 18.3 Å². The van der Waals surface area contributed by atoms with Gasteiger partial charge in [0.15, 0.2) is 5.84 Å². The molecule has 1 aliphatic heterocycles. The molecule has 2 atom stereocenters. The molecule has 0 spiro atoms. The monoisotopic (exact) mass is 272 g/mol. The molecule has 3 N–H and O–H groups in total. The molecule has 1 aromatic rings. The van der Waals surface area contributed by atoms with E-state index < -0.39 is 0 Å². The Labute approximate surface area is 118 Å². The van der Waals surface area contributed by atoms with Crippen molar-refractivity contribution in [1.29, 1.82) is 0 Å². The van der Waals surface area contributed by atoms with Crippen LogP contribution in [-0.4, -0.2) is 28.6 Å². The third kappa shape index (κ3) is 1.69. The Morgan fingerprint density at radius 2 is 2.30 bits per heavy atom. The SMILES string of the molecule is NC(=NO)c1cc2c(nc1N1CC3CCC1C3)CCC2. The van der Waals surface area contributed by atoms with E-state index in [4.69, 9.17) is 15.9 Å². The summed E-state index contributed by atoms with van der Waals surface area (Å²) in [6.07, 6.45) is 7.13. The van der Waals surface area contributed by atoms with E-state index in [9.17, 15) is 0 Å². The maximum Gasteiger partial charge on any atom is 0.173 e. The molecule has 0 amide bonds.